The van der Waals surface area contributed by atoms with Crippen molar-refractivity contribution in [1.82, 2.24) is 0 Å². The van der Waals surface area contributed by atoms with Gasteiger partial charge in [0, 0.05) is 0 Å². The fourth-order valence-electron chi connectivity index (χ4n) is 3.84. The summed E-state index contributed by atoms with van der Waals surface area (Å²) in [7, 11) is 1.61. The third kappa shape index (κ3) is 3.86. The van der Waals surface area contributed by atoms with Gasteiger partial charge in [-0.3, -0.25) is 4.99 Å². The zero-order valence-corrected chi connectivity index (χ0v) is 16.5. The Kier molecular flexibility index (Phi) is 5.40. The average molecular weight is 418 g/mol. The molecule has 0 saturated carbocycles. The van der Waals surface area contributed by atoms with Crippen molar-refractivity contribution in [3.05, 3.63) is 64.7 Å². The Morgan fingerprint density at radius 2 is 1.90 bits per heavy atom. The fraction of sp³-hybridized carbons (Fsp3) is 0.364. The quantitative estimate of drug-likeness (QED) is 0.707. The molecule has 158 valence electrons. The van der Waals surface area contributed by atoms with Crippen LogP contribution >= 0.6 is 0 Å². The molecule has 5 nitrogen and oxygen atoms in total. The molecule has 8 heteroatoms. The Morgan fingerprint density at radius 3 is 2.50 bits per heavy atom. The van der Waals surface area contributed by atoms with Crippen LogP contribution in [0, 0.1) is 6.92 Å². The van der Waals surface area contributed by atoms with Crippen LogP contribution in [0.1, 0.15) is 34.2 Å². The van der Waals surface area contributed by atoms with E-state index in [1.165, 1.54) is 18.5 Å². The van der Waals surface area contributed by atoms with Crippen LogP contribution in [-0.2, 0) is 15.7 Å². The number of aliphatic imine (C=N–C) groups is 2. The minimum absolute atomic E-state index is 0.355. The molecule has 0 bridgehead atoms. The second-order valence-corrected chi connectivity index (χ2v) is 7.19. The molecule has 0 N–H and O–H groups in total. The monoisotopic (exact) mass is 418 g/mol. The van der Waals surface area contributed by atoms with Gasteiger partial charge in [0.15, 0.2) is 12.3 Å². The van der Waals surface area contributed by atoms with Gasteiger partial charge in [0.1, 0.15) is 24.5 Å². The van der Waals surface area contributed by atoms with Crippen molar-refractivity contribution in [3.8, 4) is 5.75 Å². The summed E-state index contributed by atoms with van der Waals surface area (Å²) < 4.78 is 55.7. The van der Waals surface area contributed by atoms with Gasteiger partial charge in [-0.15, -0.1) is 0 Å². The van der Waals surface area contributed by atoms with Crippen LogP contribution < -0.4 is 4.74 Å². The Morgan fingerprint density at radius 1 is 1.13 bits per heavy atom. The molecular weight excluding hydrogens is 397 g/mol. The summed E-state index contributed by atoms with van der Waals surface area (Å²) in [6.07, 6.45) is -3.53. The van der Waals surface area contributed by atoms with E-state index in [2.05, 4.69) is 9.98 Å². The molecule has 4 rings (SSSR count). The second-order valence-electron chi connectivity index (χ2n) is 7.19. The highest BCUT2D eigenvalue weighted by Crippen LogP contribution is 2.40. The van der Waals surface area contributed by atoms with E-state index in [0.717, 1.165) is 29.0 Å². The lowest BCUT2D eigenvalue weighted by Crippen LogP contribution is -2.31. The molecule has 2 aliphatic rings. The van der Waals surface area contributed by atoms with Crippen molar-refractivity contribution in [2.75, 3.05) is 20.3 Å². The zero-order chi connectivity index (χ0) is 21.3. The number of aryl methyl sites for hydroxylation is 1. The maximum atomic E-state index is 12.9. The number of ether oxygens (including phenoxy) is 3. The smallest absolute Gasteiger partial charge is 0.416 e. The Bertz CT molecular complexity index is 971. The third-order valence-electron chi connectivity index (χ3n) is 5.31. The summed E-state index contributed by atoms with van der Waals surface area (Å²) in [6.45, 7) is 2.98. The van der Waals surface area contributed by atoms with E-state index in [9.17, 15) is 13.2 Å². The summed E-state index contributed by atoms with van der Waals surface area (Å²) in [6, 6.07) is 10.3. The highest BCUT2D eigenvalue weighted by Gasteiger charge is 2.41. The molecule has 2 aliphatic heterocycles. The first-order valence-corrected chi connectivity index (χ1v) is 9.54. The van der Waals surface area contributed by atoms with Gasteiger partial charge in [-0.05, 0) is 41.8 Å². The summed E-state index contributed by atoms with van der Waals surface area (Å²) in [4.78, 5) is 8.87. The van der Waals surface area contributed by atoms with Crippen molar-refractivity contribution in [2.45, 2.75) is 31.2 Å². The number of alkyl halides is 3. The first-order valence-electron chi connectivity index (χ1n) is 9.54. The molecule has 0 radical (unpaired) electrons. The van der Waals surface area contributed by atoms with Gasteiger partial charge in [0.25, 0.3) is 0 Å². The van der Waals surface area contributed by atoms with Crippen LogP contribution in [-0.4, -0.2) is 38.7 Å². The van der Waals surface area contributed by atoms with Gasteiger partial charge < -0.3 is 14.2 Å². The standard InChI is InChI=1S/C22H21F3N2O3/c1-13-11-15(5-8-17(13)28-2)18(21-26-9-10-29-21)20-19(27-12-30-20)14-3-6-16(7-4-14)22(23,24)25/h3-8,11-12,18-20H,9-10H2,1-2H3. The topological polar surface area (TPSA) is 52.4 Å². The number of hydrogen-bond acceptors (Lipinski definition) is 5. The predicted molar refractivity (Wildman–Crippen MR) is 106 cm³/mol. The number of halogens is 3. The highest BCUT2D eigenvalue weighted by atomic mass is 19.4. The molecule has 0 spiro atoms. The SMILES string of the molecule is COc1ccc(C(C2=NCCO2)C2OC=NC2c2ccc(C(F)(F)F)cc2)cc1C. The summed E-state index contributed by atoms with van der Waals surface area (Å²) >= 11 is 0. The molecule has 3 unspecified atom stereocenters. The van der Waals surface area contributed by atoms with Crippen LogP contribution in [0.15, 0.2) is 52.4 Å². The van der Waals surface area contributed by atoms with E-state index in [1.54, 1.807) is 7.11 Å². The number of benzene rings is 2. The summed E-state index contributed by atoms with van der Waals surface area (Å²) in [5, 5.41) is 0. The molecule has 30 heavy (non-hydrogen) atoms. The predicted octanol–water partition coefficient (Wildman–Crippen LogP) is 4.70. The van der Waals surface area contributed by atoms with Crippen LogP contribution in [0.2, 0.25) is 0 Å². The Labute approximate surface area is 172 Å². The first-order chi connectivity index (χ1) is 14.4. The van der Waals surface area contributed by atoms with E-state index in [4.69, 9.17) is 14.2 Å². The second kappa shape index (κ2) is 8.01. The minimum atomic E-state index is -4.39. The van der Waals surface area contributed by atoms with Gasteiger partial charge in [-0.2, -0.15) is 13.2 Å². The number of nitrogens with zero attached hydrogens (tertiary/aromatic N) is 2. The fourth-order valence-corrected chi connectivity index (χ4v) is 3.84. The van der Waals surface area contributed by atoms with Crippen molar-refractivity contribution in [3.63, 3.8) is 0 Å². The molecule has 0 aliphatic carbocycles. The lowest BCUT2D eigenvalue weighted by molar-refractivity contribution is -0.137. The van der Waals surface area contributed by atoms with Crippen molar-refractivity contribution >= 4 is 12.3 Å². The van der Waals surface area contributed by atoms with E-state index in [-0.39, 0.29) is 5.92 Å². The van der Waals surface area contributed by atoms with E-state index < -0.39 is 23.9 Å². The van der Waals surface area contributed by atoms with E-state index >= 15 is 0 Å². The van der Waals surface area contributed by atoms with E-state index in [0.29, 0.717) is 24.6 Å². The number of rotatable bonds is 5. The molecular formula is C22H21F3N2O3. The maximum absolute atomic E-state index is 12.9. The molecule has 0 aromatic heterocycles. The molecule has 0 fully saturated rings. The summed E-state index contributed by atoms with van der Waals surface area (Å²) in [5.74, 6) is 0.952. The molecule has 0 amide bonds. The van der Waals surface area contributed by atoms with Crippen LogP contribution in [0.25, 0.3) is 0 Å². The molecule has 3 atom stereocenters. The van der Waals surface area contributed by atoms with Gasteiger partial charge in [-0.1, -0.05) is 24.3 Å². The van der Waals surface area contributed by atoms with Gasteiger partial charge in [0.2, 0.25) is 0 Å². The van der Waals surface area contributed by atoms with Crippen LogP contribution in [0.5, 0.6) is 5.75 Å². The molecule has 2 aromatic rings. The van der Waals surface area contributed by atoms with Gasteiger partial charge in [-0.25, -0.2) is 4.99 Å². The van der Waals surface area contributed by atoms with Gasteiger partial charge >= 0.3 is 6.18 Å². The lowest BCUT2D eigenvalue weighted by atomic mass is 9.85. The van der Waals surface area contributed by atoms with Crippen LogP contribution in [0.4, 0.5) is 13.2 Å². The Hall–Kier alpha value is -3.03. The van der Waals surface area contributed by atoms with Crippen molar-refractivity contribution in [1.29, 1.82) is 0 Å². The average Bonchev–Trinajstić information content (AvgIpc) is 3.41. The molecule has 2 aromatic carbocycles. The normalized spacial score (nSPS) is 21.7. The van der Waals surface area contributed by atoms with Crippen molar-refractivity contribution < 1.29 is 27.4 Å². The van der Waals surface area contributed by atoms with Gasteiger partial charge in [0.05, 0.1) is 25.1 Å². The third-order valence-corrected chi connectivity index (χ3v) is 5.31. The lowest BCUT2D eigenvalue weighted by Gasteiger charge is -2.27. The van der Waals surface area contributed by atoms with Crippen LogP contribution in [0.3, 0.4) is 0 Å². The molecule has 0 saturated heterocycles. The number of methoxy groups -OCH3 is 1. The minimum Gasteiger partial charge on any atom is -0.496 e. The van der Waals surface area contributed by atoms with E-state index in [1.807, 2.05) is 25.1 Å². The maximum Gasteiger partial charge on any atom is 0.416 e. The summed E-state index contributed by atoms with van der Waals surface area (Å²) in [5.41, 5.74) is 1.80. The number of hydrogen-bond donors (Lipinski definition) is 0. The van der Waals surface area contributed by atoms with Crippen molar-refractivity contribution in [2.24, 2.45) is 9.98 Å². The highest BCUT2D eigenvalue weighted by molar-refractivity contribution is 5.86. The largest absolute Gasteiger partial charge is 0.496 e. The molecule has 2 heterocycles. The first kappa shape index (κ1) is 20.3. The zero-order valence-electron chi connectivity index (χ0n) is 16.5. The Balaban J connectivity index is 1.69.